The Morgan fingerprint density at radius 3 is 2.45 bits per heavy atom. The molecule has 0 N–H and O–H groups in total. The lowest BCUT2D eigenvalue weighted by atomic mass is 10.1. The maximum Gasteiger partial charge on any atom is 0.161 e. The minimum atomic E-state index is 0.424. The second-order valence-corrected chi connectivity index (χ2v) is 5.35. The summed E-state index contributed by atoms with van der Waals surface area (Å²) in [6.07, 6.45) is 0.578. The molecule has 2 aromatic rings. The molecule has 20 heavy (non-hydrogen) atoms. The molecule has 0 spiro atoms. The van der Waals surface area contributed by atoms with Crippen LogP contribution < -0.4 is 9.47 Å². The number of aryl methyl sites for hydroxylation is 1. The third-order valence-electron chi connectivity index (χ3n) is 2.83. The molecule has 4 nitrogen and oxygen atoms in total. The Balaban J connectivity index is 2.30. The zero-order valence-electron chi connectivity index (χ0n) is 11.4. The van der Waals surface area contributed by atoms with E-state index in [0.29, 0.717) is 28.9 Å². The monoisotopic (exact) mass is 356 g/mol. The molecule has 6 heteroatoms. The third-order valence-corrected chi connectivity index (χ3v) is 4.28. The highest BCUT2D eigenvalue weighted by atomic mass is 79.9. The lowest BCUT2D eigenvalue weighted by Crippen LogP contribution is -2.01. The summed E-state index contributed by atoms with van der Waals surface area (Å²) in [4.78, 5) is 8.67. The molecular formula is C14H14BrClN2O2. The highest BCUT2D eigenvalue weighted by molar-refractivity contribution is 9.10. The van der Waals surface area contributed by atoms with Crippen molar-refractivity contribution in [3.8, 4) is 11.5 Å². The summed E-state index contributed by atoms with van der Waals surface area (Å²) in [5.74, 6) is 2.05. The van der Waals surface area contributed by atoms with Crippen molar-refractivity contribution in [3.63, 3.8) is 0 Å². The van der Waals surface area contributed by atoms with Crippen LogP contribution in [0.25, 0.3) is 0 Å². The maximum absolute atomic E-state index is 6.05. The number of hydrogen-bond donors (Lipinski definition) is 0. The molecule has 0 saturated heterocycles. The van der Waals surface area contributed by atoms with Gasteiger partial charge >= 0.3 is 0 Å². The summed E-state index contributed by atoms with van der Waals surface area (Å²) >= 11 is 9.40. The number of nitrogens with zero attached hydrogens (tertiary/aromatic N) is 2. The molecule has 0 amide bonds. The zero-order valence-corrected chi connectivity index (χ0v) is 13.7. The highest BCUT2D eigenvalue weighted by Gasteiger charge is 2.10. The van der Waals surface area contributed by atoms with E-state index in [2.05, 4.69) is 25.9 Å². The number of halogens is 2. The Bertz CT molecular complexity index is 612. The van der Waals surface area contributed by atoms with E-state index in [-0.39, 0.29) is 0 Å². The minimum absolute atomic E-state index is 0.424. The Morgan fingerprint density at radius 2 is 1.85 bits per heavy atom. The average molecular weight is 358 g/mol. The van der Waals surface area contributed by atoms with Crippen LogP contribution >= 0.6 is 27.5 Å². The molecule has 0 atom stereocenters. The molecule has 106 valence electrons. The SMILES string of the molecule is COc1ccc(Cc2nc(C)c(Br)c(Cl)n2)cc1OC. The summed E-state index contributed by atoms with van der Waals surface area (Å²) in [5, 5.41) is 0.424. The average Bonchev–Trinajstić information content (AvgIpc) is 2.44. The van der Waals surface area contributed by atoms with Gasteiger partial charge in [-0.1, -0.05) is 17.7 Å². The third kappa shape index (κ3) is 3.22. The van der Waals surface area contributed by atoms with Gasteiger partial charge in [0.2, 0.25) is 0 Å². The van der Waals surface area contributed by atoms with Gasteiger partial charge in [-0.15, -0.1) is 0 Å². The van der Waals surface area contributed by atoms with Crippen molar-refractivity contribution in [2.75, 3.05) is 14.2 Å². The van der Waals surface area contributed by atoms with E-state index >= 15 is 0 Å². The van der Waals surface area contributed by atoms with Crippen LogP contribution in [0.1, 0.15) is 17.1 Å². The fraction of sp³-hybridized carbons (Fsp3) is 0.286. The lowest BCUT2D eigenvalue weighted by molar-refractivity contribution is 0.354. The highest BCUT2D eigenvalue weighted by Crippen LogP contribution is 2.29. The molecule has 1 heterocycles. The van der Waals surface area contributed by atoms with Crippen LogP contribution in [-0.2, 0) is 6.42 Å². The van der Waals surface area contributed by atoms with E-state index in [9.17, 15) is 0 Å². The summed E-state index contributed by atoms with van der Waals surface area (Å²) < 4.78 is 11.2. The molecule has 1 aromatic carbocycles. The molecule has 0 saturated carbocycles. The van der Waals surface area contributed by atoms with E-state index in [1.54, 1.807) is 14.2 Å². The zero-order chi connectivity index (χ0) is 14.7. The van der Waals surface area contributed by atoms with Gasteiger partial charge in [-0.2, -0.15) is 0 Å². The number of ether oxygens (including phenoxy) is 2. The number of methoxy groups -OCH3 is 2. The summed E-state index contributed by atoms with van der Waals surface area (Å²) in [7, 11) is 3.22. The van der Waals surface area contributed by atoms with E-state index in [1.807, 2.05) is 25.1 Å². The Kier molecular flexibility index (Phi) is 4.83. The Morgan fingerprint density at radius 1 is 1.15 bits per heavy atom. The standard InChI is InChI=1S/C14H14BrClN2O2/c1-8-13(15)14(16)18-12(17-8)7-9-4-5-10(19-2)11(6-9)20-3/h4-6H,7H2,1-3H3. The molecule has 0 aliphatic heterocycles. The van der Waals surface area contributed by atoms with Gasteiger partial charge in [-0.05, 0) is 40.5 Å². The fourth-order valence-corrected chi connectivity index (χ4v) is 2.24. The Labute approximate surface area is 131 Å². The smallest absolute Gasteiger partial charge is 0.161 e. The van der Waals surface area contributed by atoms with Crippen LogP contribution in [0.5, 0.6) is 11.5 Å². The molecule has 0 fully saturated rings. The van der Waals surface area contributed by atoms with Crippen LogP contribution in [0.15, 0.2) is 22.7 Å². The number of aromatic nitrogens is 2. The first-order chi connectivity index (χ1) is 9.55. The topological polar surface area (TPSA) is 44.2 Å². The molecule has 0 unspecified atom stereocenters. The number of hydrogen-bond acceptors (Lipinski definition) is 4. The first kappa shape index (κ1) is 15.1. The minimum Gasteiger partial charge on any atom is -0.493 e. The Hall–Kier alpha value is -1.33. The van der Waals surface area contributed by atoms with Gasteiger partial charge < -0.3 is 9.47 Å². The van der Waals surface area contributed by atoms with Gasteiger partial charge in [0.05, 0.1) is 24.4 Å². The fourth-order valence-electron chi connectivity index (χ4n) is 1.83. The number of benzene rings is 1. The van der Waals surface area contributed by atoms with Gasteiger partial charge in [0.15, 0.2) is 11.5 Å². The van der Waals surface area contributed by atoms with E-state index < -0.39 is 0 Å². The molecule has 1 aromatic heterocycles. The summed E-state index contributed by atoms with van der Waals surface area (Å²) in [5.41, 5.74) is 1.85. The van der Waals surface area contributed by atoms with E-state index in [4.69, 9.17) is 21.1 Å². The first-order valence-electron chi connectivity index (χ1n) is 5.94. The lowest BCUT2D eigenvalue weighted by Gasteiger charge is -2.10. The van der Waals surface area contributed by atoms with Crippen molar-refractivity contribution in [1.29, 1.82) is 0 Å². The molecule has 0 bridgehead atoms. The summed E-state index contributed by atoms with van der Waals surface area (Å²) in [6.45, 7) is 1.88. The molecule has 0 radical (unpaired) electrons. The molecule has 0 aliphatic carbocycles. The molecule has 0 aliphatic rings. The molecule has 2 rings (SSSR count). The van der Waals surface area contributed by atoms with Crippen molar-refractivity contribution in [1.82, 2.24) is 9.97 Å². The normalized spacial score (nSPS) is 10.4. The van der Waals surface area contributed by atoms with Crippen LogP contribution in [0.3, 0.4) is 0 Å². The van der Waals surface area contributed by atoms with Gasteiger partial charge in [0.25, 0.3) is 0 Å². The summed E-state index contributed by atoms with van der Waals surface area (Å²) in [6, 6.07) is 5.73. The van der Waals surface area contributed by atoms with Crippen LogP contribution in [-0.4, -0.2) is 24.2 Å². The van der Waals surface area contributed by atoms with Crippen molar-refractivity contribution in [3.05, 3.63) is 44.9 Å². The largest absolute Gasteiger partial charge is 0.493 e. The van der Waals surface area contributed by atoms with E-state index in [0.717, 1.165) is 15.7 Å². The predicted octanol–water partition coefficient (Wildman–Crippen LogP) is 3.81. The second-order valence-electron chi connectivity index (χ2n) is 4.20. The van der Waals surface area contributed by atoms with Crippen molar-refractivity contribution >= 4 is 27.5 Å². The quantitative estimate of drug-likeness (QED) is 0.781. The maximum atomic E-state index is 6.05. The van der Waals surface area contributed by atoms with Gasteiger partial charge in [-0.3, -0.25) is 0 Å². The van der Waals surface area contributed by atoms with Crippen LogP contribution in [0.2, 0.25) is 5.15 Å². The first-order valence-corrected chi connectivity index (χ1v) is 7.11. The van der Waals surface area contributed by atoms with E-state index in [1.165, 1.54) is 0 Å². The van der Waals surface area contributed by atoms with Crippen LogP contribution in [0, 0.1) is 6.92 Å². The molecular weight excluding hydrogens is 344 g/mol. The van der Waals surface area contributed by atoms with Crippen molar-refractivity contribution in [2.45, 2.75) is 13.3 Å². The number of rotatable bonds is 4. The second kappa shape index (κ2) is 6.41. The van der Waals surface area contributed by atoms with Gasteiger partial charge in [0, 0.05) is 6.42 Å². The van der Waals surface area contributed by atoms with Crippen molar-refractivity contribution < 1.29 is 9.47 Å². The van der Waals surface area contributed by atoms with Crippen molar-refractivity contribution in [2.24, 2.45) is 0 Å². The van der Waals surface area contributed by atoms with Gasteiger partial charge in [-0.25, -0.2) is 9.97 Å². The van der Waals surface area contributed by atoms with Crippen LogP contribution in [0.4, 0.5) is 0 Å². The predicted molar refractivity (Wildman–Crippen MR) is 81.8 cm³/mol. The van der Waals surface area contributed by atoms with Gasteiger partial charge in [0.1, 0.15) is 11.0 Å².